The first-order chi connectivity index (χ1) is 9.71. The number of hydrogen-bond acceptors (Lipinski definition) is 3. The lowest BCUT2D eigenvalue weighted by Crippen LogP contribution is -2.45. The molecule has 1 N–H and O–H groups in total. The number of hydrogen-bond donors (Lipinski definition) is 1. The Kier molecular flexibility index (Phi) is 10.0. The lowest BCUT2D eigenvalue weighted by molar-refractivity contribution is -0.251. The standard InChI is InChI=1S/C10H19F3O.C6H12O2/c1-4-6-7-9(3,8(14)5-2)10(11,12)13;1-5(7)8-6(2,3)4/h8,14H,4-7H2,1-3H3;1-4H3. The molecule has 0 saturated carbocycles. The quantitative estimate of drug-likeness (QED) is 0.733. The van der Waals surface area contributed by atoms with Crippen LogP contribution in [0.3, 0.4) is 0 Å². The Hall–Kier alpha value is -0.780. The number of esters is 1. The van der Waals surface area contributed by atoms with Gasteiger partial charge in [-0.2, -0.15) is 13.2 Å². The SMILES string of the molecule is CC(=O)OC(C)(C)C.CCCCC(C)(C(O)CC)C(F)(F)F. The average molecular weight is 328 g/mol. The van der Waals surface area contributed by atoms with Crippen molar-refractivity contribution in [2.24, 2.45) is 5.41 Å². The maximum absolute atomic E-state index is 12.7. The summed E-state index contributed by atoms with van der Waals surface area (Å²) in [5.74, 6) is -0.225. The lowest BCUT2D eigenvalue weighted by atomic mass is 9.77. The molecule has 0 aromatic carbocycles. The third kappa shape index (κ3) is 9.28. The number of rotatable bonds is 5. The predicted octanol–water partition coefficient (Wildman–Crippen LogP) is 4.86. The van der Waals surface area contributed by atoms with Crippen molar-refractivity contribution < 1.29 is 27.8 Å². The first kappa shape index (κ1) is 23.5. The van der Waals surface area contributed by atoms with E-state index >= 15 is 0 Å². The molecule has 0 fully saturated rings. The molecule has 0 heterocycles. The maximum Gasteiger partial charge on any atom is 0.396 e. The van der Waals surface area contributed by atoms with Gasteiger partial charge in [0.05, 0.1) is 11.5 Å². The van der Waals surface area contributed by atoms with Crippen LogP contribution in [0.25, 0.3) is 0 Å². The number of aliphatic hydroxyl groups excluding tert-OH is 1. The Morgan fingerprint density at radius 2 is 1.59 bits per heavy atom. The van der Waals surface area contributed by atoms with Crippen LogP contribution in [0.15, 0.2) is 0 Å². The van der Waals surface area contributed by atoms with Crippen LogP contribution in [0, 0.1) is 5.41 Å². The van der Waals surface area contributed by atoms with E-state index in [0.29, 0.717) is 12.8 Å². The Morgan fingerprint density at radius 3 is 1.77 bits per heavy atom. The molecule has 0 spiro atoms. The molecule has 2 unspecified atom stereocenters. The van der Waals surface area contributed by atoms with Gasteiger partial charge in [0.1, 0.15) is 5.60 Å². The number of halogens is 3. The van der Waals surface area contributed by atoms with Crippen LogP contribution in [0.2, 0.25) is 0 Å². The van der Waals surface area contributed by atoms with Gasteiger partial charge in [-0.05, 0) is 40.5 Å². The smallest absolute Gasteiger partial charge is 0.396 e. The topological polar surface area (TPSA) is 46.5 Å². The molecule has 134 valence electrons. The molecular weight excluding hydrogens is 297 g/mol. The third-order valence-corrected chi connectivity index (χ3v) is 3.27. The Labute approximate surface area is 132 Å². The Morgan fingerprint density at radius 1 is 1.14 bits per heavy atom. The number of aliphatic hydroxyl groups is 1. The fraction of sp³-hybridized carbons (Fsp3) is 0.938. The number of carbonyl (C=O) groups is 1. The first-order valence-corrected chi connectivity index (χ1v) is 7.65. The van der Waals surface area contributed by atoms with E-state index < -0.39 is 17.7 Å². The maximum atomic E-state index is 12.7. The minimum Gasteiger partial charge on any atom is -0.460 e. The summed E-state index contributed by atoms with van der Waals surface area (Å²) in [6.45, 7) is 11.5. The molecule has 0 saturated heterocycles. The normalized spacial score (nSPS) is 16.1. The summed E-state index contributed by atoms with van der Waals surface area (Å²) < 4.78 is 42.9. The monoisotopic (exact) mass is 328 g/mol. The molecule has 0 aromatic rings. The van der Waals surface area contributed by atoms with Gasteiger partial charge in [-0.15, -0.1) is 0 Å². The van der Waals surface area contributed by atoms with Gasteiger partial charge < -0.3 is 9.84 Å². The van der Waals surface area contributed by atoms with Crippen molar-refractivity contribution >= 4 is 5.97 Å². The van der Waals surface area contributed by atoms with Gasteiger partial charge >= 0.3 is 12.1 Å². The third-order valence-electron chi connectivity index (χ3n) is 3.27. The van der Waals surface area contributed by atoms with E-state index in [0.717, 1.165) is 6.92 Å². The van der Waals surface area contributed by atoms with E-state index in [4.69, 9.17) is 4.74 Å². The Balaban J connectivity index is 0. The zero-order valence-corrected chi connectivity index (χ0v) is 14.8. The second-order valence-electron chi connectivity index (χ2n) is 6.65. The first-order valence-electron chi connectivity index (χ1n) is 7.65. The van der Waals surface area contributed by atoms with Crippen LogP contribution >= 0.6 is 0 Å². The zero-order chi connectivity index (χ0) is 18.2. The molecule has 0 bridgehead atoms. The van der Waals surface area contributed by atoms with Crippen LogP contribution < -0.4 is 0 Å². The van der Waals surface area contributed by atoms with Crippen molar-refractivity contribution in [2.45, 2.75) is 92.0 Å². The summed E-state index contributed by atoms with van der Waals surface area (Å²) in [7, 11) is 0. The van der Waals surface area contributed by atoms with Crippen LogP contribution in [0.1, 0.15) is 74.1 Å². The number of alkyl halides is 3. The summed E-state index contributed by atoms with van der Waals surface area (Å²) >= 11 is 0. The van der Waals surface area contributed by atoms with Gasteiger partial charge in [0.25, 0.3) is 0 Å². The van der Waals surface area contributed by atoms with Gasteiger partial charge in [-0.25, -0.2) is 0 Å². The fourth-order valence-electron chi connectivity index (χ4n) is 1.92. The lowest BCUT2D eigenvalue weighted by Gasteiger charge is -2.36. The highest BCUT2D eigenvalue weighted by atomic mass is 19.4. The van der Waals surface area contributed by atoms with E-state index in [2.05, 4.69) is 0 Å². The van der Waals surface area contributed by atoms with Crippen molar-refractivity contribution in [2.75, 3.05) is 0 Å². The van der Waals surface area contributed by atoms with E-state index in [-0.39, 0.29) is 24.4 Å². The Bertz CT molecular complexity index is 322. The van der Waals surface area contributed by atoms with Gasteiger partial charge in [-0.3, -0.25) is 4.79 Å². The van der Waals surface area contributed by atoms with E-state index in [1.165, 1.54) is 6.92 Å². The molecular formula is C16H31F3O3. The fourth-order valence-corrected chi connectivity index (χ4v) is 1.92. The molecule has 0 rings (SSSR count). The summed E-state index contributed by atoms with van der Waals surface area (Å²) in [4.78, 5) is 10.2. The highest BCUT2D eigenvalue weighted by Gasteiger charge is 2.54. The van der Waals surface area contributed by atoms with Gasteiger partial charge in [0, 0.05) is 6.92 Å². The second kappa shape index (κ2) is 9.38. The summed E-state index contributed by atoms with van der Waals surface area (Å²) in [5.41, 5.74) is -2.27. The molecule has 6 heteroatoms. The van der Waals surface area contributed by atoms with Crippen molar-refractivity contribution in [3.63, 3.8) is 0 Å². The van der Waals surface area contributed by atoms with Gasteiger partial charge in [0.2, 0.25) is 0 Å². The second-order valence-corrected chi connectivity index (χ2v) is 6.65. The van der Waals surface area contributed by atoms with Crippen molar-refractivity contribution in [1.29, 1.82) is 0 Å². The van der Waals surface area contributed by atoms with Crippen molar-refractivity contribution in [3.05, 3.63) is 0 Å². The van der Waals surface area contributed by atoms with E-state index in [9.17, 15) is 23.1 Å². The zero-order valence-electron chi connectivity index (χ0n) is 14.8. The van der Waals surface area contributed by atoms with Crippen molar-refractivity contribution in [1.82, 2.24) is 0 Å². The number of unbranched alkanes of at least 4 members (excludes halogenated alkanes) is 1. The summed E-state index contributed by atoms with van der Waals surface area (Å²) in [5, 5.41) is 9.42. The highest BCUT2D eigenvalue weighted by molar-refractivity contribution is 5.66. The summed E-state index contributed by atoms with van der Waals surface area (Å²) in [6, 6.07) is 0. The molecule has 0 aliphatic heterocycles. The molecule has 22 heavy (non-hydrogen) atoms. The minimum atomic E-state index is -4.32. The summed E-state index contributed by atoms with van der Waals surface area (Å²) in [6.07, 6.45) is -4.27. The van der Waals surface area contributed by atoms with Crippen LogP contribution in [0.4, 0.5) is 13.2 Å². The van der Waals surface area contributed by atoms with E-state index in [1.807, 2.05) is 27.7 Å². The largest absolute Gasteiger partial charge is 0.460 e. The highest BCUT2D eigenvalue weighted by Crippen LogP contribution is 2.45. The molecule has 0 aliphatic rings. The molecule has 0 radical (unpaired) electrons. The molecule has 0 amide bonds. The molecule has 0 aromatic heterocycles. The van der Waals surface area contributed by atoms with Crippen LogP contribution in [0.5, 0.6) is 0 Å². The number of carbonyl (C=O) groups excluding carboxylic acids is 1. The average Bonchev–Trinajstić information content (AvgIpc) is 2.31. The molecule has 2 atom stereocenters. The number of ether oxygens (including phenoxy) is 1. The predicted molar refractivity (Wildman–Crippen MR) is 81.5 cm³/mol. The van der Waals surface area contributed by atoms with Crippen molar-refractivity contribution in [3.8, 4) is 0 Å². The van der Waals surface area contributed by atoms with Crippen LogP contribution in [-0.2, 0) is 9.53 Å². The van der Waals surface area contributed by atoms with Gasteiger partial charge in [-0.1, -0.05) is 26.7 Å². The van der Waals surface area contributed by atoms with Crippen LogP contribution in [-0.4, -0.2) is 29.0 Å². The molecule has 3 nitrogen and oxygen atoms in total. The minimum absolute atomic E-state index is 0.00199. The van der Waals surface area contributed by atoms with Gasteiger partial charge in [0.15, 0.2) is 0 Å². The van der Waals surface area contributed by atoms with E-state index in [1.54, 1.807) is 6.92 Å². The molecule has 0 aliphatic carbocycles.